The Morgan fingerprint density at radius 3 is 2.42 bits per heavy atom. The second-order valence-corrected chi connectivity index (χ2v) is 8.20. The number of carbonyl (C=O) groups is 1. The Bertz CT molecular complexity index is 1140. The Kier molecular flexibility index (Phi) is 5.08. The molecule has 1 amide bonds. The highest BCUT2D eigenvalue weighted by molar-refractivity contribution is 5.99. The highest BCUT2D eigenvalue weighted by atomic mass is 16.6. The molecule has 3 aromatic rings. The van der Waals surface area contributed by atoms with Gasteiger partial charge in [-0.15, -0.1) is 0 Å². The Labute approximate surface area is 180 Å². The van der Waals surface area contributed by atoms with E-state index in [1.165, 1.54) is 31.7 Å². The molecule has 1 aliphatic carbocycles. The van der Waals surface area contributed by atoms with E-state index in [0.717, 1.165) is 18.4 Å². The molecule has 0 spiro atoms. The normalized spacial score (nSPS) is 14.2. The molecule has 0 bridgehead atoms. The summed E-state index contributed by atoms with van der Waals surface area (Å²) >= 11 is 0. The number of rotatable bonds is 6. The summed E-state index contributed by atoms with van der Waals surface area (Å²) in [6.45, 7) is 6.43. The second kappa shape index (κ2) is 7.61. The molecule has 0 saturated carbocycles. The molecule has 162 valence electrons. The molecule has 4 rings (SSSR count). The third kappa shape index (κ3) is 3.58. The van der Waals surface area contributed by atoms with E-state index in [2.05, 4.69) is 35.9 Å². The fourth-order valence-corrected chi connectivity index (χ4v) is 4.07. The van der Waals surface area contributed by atoms with Crippen LogP contribution in [0, 0.1) is 6.92 Å². The van der Waals surface area contributed by atoms with Crippen LogP contribution in [0.5, 0.6) is 23.5 Å². The molecule has 0 radical (unpaired) electrons. The van der Waals surface area contributed by atoms with Crippen LogP contribution in [0.15, 0.2) is 28.9 Å². The largest absolute Gasteiger partial charge is 0.480 e. The molecule has 31 heavy (non-hydrogen) atoms. The smallest absolute Gasteiger partial charge is 0.291 e. The highest BCUT2D eigenvalue weighted by Crippen LogP contribution is 2.44. The lowest BCUT2D eigenvalue weighted by Gasteiger charge is -2.20. The molecule has 8 heteroatoms. The lowest BCUT2D eigenvalue weighted by Crippen LogP contribution is -2.12. The summed E-state index contributed by atoms with van der Waals surface area (Å²) in [7, 11) is 2.92. The molecule has 8 nitrogen and oxygen atoms in total. The van der Waals surface area contributed by atoms with E-state index >= 15 is 0 Å². The van der Waals surface area contributed by atoms with Gasteiger partial charge in [-0.25, -0.2) is 9.97 Å². The van der Waals surface area contributed by atoms with Crippen LogP contribution in [-0.2, 0) is 11.8 Å². The van der Waals surface area contributed by atoms with Crippen molar-refractivity contribution in [3.05, 3.63) is 47.0 Å². The number of benzene rings is 1. The number of amides is 1. The van der Waals surface area contributed by atoms with E-state index in [-0.39, 0.29) is 28.9 Å². The summed E-state index contributed by atoms with van der Waals surface area (Å²) in [5.41, 5.74) is 9.91. The third-order valence-corrected chi connectivity index (χ3v) is 5.73. The van der Waals surface area contributed by atoms with Crippen molar-refractivity contribution >= 4 is 5.91 Å². The number of carbonyl (C=O) groups excluding carboxylic acids is 1. The number of methoxy groups -OCH3 is 2. The Morgan fingerprint density at radius 2 is 1.81 bits per heavy atom. The number of fused-ring (bicyclic) bond motifs is 1. The van der Waals surface area contributed by atoms with Crippen molar-refractivity contribution in [2.75, 3.05) is 14.2 Å². The average molecular weight is 423 g/mol. The van der Waals surface area contributed by atoms with Crippen LogP contribution in [0.3, 0.4) is 0 Å². The molecule has 1 aromatic carbocycles. The summed E-state index contributed by atoms with van der Waals surface area (Å²) in [6, 6.07) is 5.77. The number of nitrogens with two attached hydrogens (primary N) is 1. The van der Waals surface area contributed by atoms with Gasteiger partial charge in [-0.05, 0) is 47.9 Å². The van der Waals surface area contributed by atoms with Crippen LogP contribution in [0.4, 0.5) is 0 Å². The van der Waals surface area contributed by atoms with Gasteiger partial charge in [0.05, 0.1) is 14.2 Å². The number of aromatic nitrogens is 2. The third-order valence-electron chi connectivity index (χ3n) is 5.73. The van der Waals surface area contributed by atoms with Crippen molar-refractivity contribution in [3.8, 4) is 34.6 Å². The van der Waals surface area contributed by atoms with Gasteiger partial charge in [0.1, 0.15) is 17.6 Å². The number of primary amides is 1. The van der Waals surface area contributed by atoms with Crippen LogP contribution in [0.2, 0.25) is 0 Å². The van der Waals surface area contributed by atoms with Gasteiger partial charge < -0.3 is 24.4 Å². The van der Waals surface area contributed by atoms with Crippen LogP contribution in [-0.4, -0.2) is 30.1 Å². The van der Waals surface area contributed by atoms with E-state index in [0.29, 0.717) is 16.9 Å². The zero-order valence-electron chi connectivity index (χ0n) is 18.2. The monoisotopic (exact) mass is 423 g/mol. The second-order valence-electron chi connectivity index (χ2n) is 8.20. The van der Waals surface area contributed by atoms with Crippen molar-refractivity contribution in [2.24, 2.45) is 5.73 Å². The predicted octanol–water partition coefficient (Wildman–Crippen LogP) is 4.18. The van der Waals surface area contributed by atoms with Crippen LogP contribution in [0.25, 0.3) is 11.1 Å². The Balaban J connectivity index is 1.80. The van der Waals surface area contributed by atoms with E-state index in [1.807, 2.05) is 6.92 Å². The first-order valence-electron chi connectivity index (χ1n) is 9.94. The van der Waals surface area contributed by atoms with Crippen molar-refractivity contribution in [3.63, 3.8) is 0 Å². The van der Waals surface area contributed by atoms with Gasteiger partial charge in [-0.1, -0.05) is 19.9 Å². The van der Waals surface area contributed by atoms with Crippen LogP contribution >= 0.6 is 0 Å². The molecule has 1 aliphatic rings. The standard InChI is InChI=1S/C23H25N3O5/c1-12-8-13-6-7-23(2,3)15(13)10-16(12)30-17-9-14(19(31-17)20(24)27)18-21(28-4)25-11-26-22(18)29-5/h8-11H,6-7H2,1-5H3,(H2,24,27). The maximum atomic E-state index is 12.1. The zero-order chi connectivity index (χ0) is 22.3. The van der Waals surface area contributed by atoms with Gasteiger partial charge in [0.15, 0.2) is 0 Å². The summed E-state index contributed by atoms with van der Waals surface area (Å²) in [6.07, 6.45) is 3.45. The average Bonchev–Trinajstić information content (AvgIpc) is 3.28. The van der Waals surface area contributed by atoms with Gasteiger partial charge in [-0.3, -0.25) is 4.79 Å². The summed E-state index contributed by atoms with van der Waals surface area (Å²) in [5, 5.41) is 0. The first-order chi connectivity index (χ1) is 14.7. The van der Waals surface area contributed by atoms with Crippen LogP contribution < -0.4 is 19.9 Å². The molecule has 0 aliphatic heterocycles. The molecule has 0 fully saturated rings. The van der Waals surface area contributed by atoms with Crippen molar-refractivity contribution in [2.45, 2.75) is 39.0 Å². The van der Waals surface area contributed by atoms with Gasteiger partial charge in [0, 0.05) is 11.6 Å². The number of furan rings is 1. The summed E-state index contributed by atoms with van der Waals surface area (Å²) < 4.78 is 22.4. The minimum absolute atomic E-state index is 0.0793. The minimum Gasteiger partial charge on any atom is -0.480 e. The van der Waals surface area contributed by atoms with Crippen LogP contribution in [0.1, 0.15) is 47.5 Å². The van der Waals surface area contributed by atoms with Crippen molar-refractivity contribution < 1.29 is 23.4 Å². The predicted molar refractivity (Wildman–Crippen MR) is 114 cm³/mol. The topological polar surface area (TPSA) is 110 Å². The van der Waals surface area contributed by atoms with E-state index in [9.17, 15) is 4.79 Å². The SMILES string of the molecule is COc1ncnc(OC)c1-c1cc(Oc2cc3c(cc2C)CCC3(C)C)oc1C(N)=O. The molecular formula is C23H25N3O5. The fraction of sp³-hybridized carbons (Fsp3) is 0.348. The number of aryl methyl sites for hydroxylation is 2. The Hall–Kier alpha value is -3.55. The van der Waals surface area contributed by atoms with Crippen molar-refractivity contribution in [1.29, 1.82) is 0 Å². The first-order valence-corrected chi connectivity index (χ1v) is 9.94. The molecule has 2 N–H and O–H groups in total. The van der Waals surface area contributed by atoms with Gasteiger partial charge in [0.2, 0.25) is 17.5 Å². The van der Waals surface area contributed by atoms with Gasteiger partial charge in [0.25, 0.3) is 11.9 Å². The number of ether oxygens (including phenoxy) is 3. The lowest BCUT2D eigenvalue weighted by atomic mass is 9.86. The number of nitrogens with zero attached hydrogens (tertiary/aromatic N) is 2. The zero-order valence-corrected chi connectivity index (χ0v) is 18.2. The lowest BCUT2D eigenvalue weighted by molar-refractivity contribution is 0.0970. The minimum atomic E-state index is -0.760. The Morgan fingerprint density at radius 1 is 1.13 bits per heavy atom. The van der Waals surface area contributed by atoms with Crippen molar-refractivity contribution in [1.82, 2.24) is 9.97 Å². The fourth-order valence-electron chi connectivity index (χ4n) is 4.07. The maximum absolute atomic E-state index is 12.1. The van der Waals surface area contributed by atoms with E-state index < -0.39 is 5.91 Å². The number of hydrogen-bond donors (Lipinski definition) is 1. The quantitative estimate of drug-likeness (QED) is 0.633. The first kappa shape index (κ1) is 20.7. The van der Waals surface area contributed by atoms with E-state index in [1.54, 1.807) is 6.07 Å². The summed E-state index contributed by atoms with van der Waals surface area (Å²) in [5.74, 6) is 0.364. The molecule has 2 heterocycles. The molecule has 0 saturated heterocycles. The highest BCUT2D eigenvalue weighted by Gasteiger charge is 2.31. The van der Waals surface area contributed by atoms with Gasteiger partial charge in [-0.2, -0.15) is 0 Å². The molecular weight excluding hydrogens is 398 g/mol. The number of hydrogen-bond acceptors (Lipinski definition) is 7. The molecule has 0 atom stereocenters. The van der Waals surface area contributed by atoms with Gasteiger partial charge >= 0.3 is 0 Å². The molecule has 2 aromatic heterocycles. The summed E-state index contributed by atoms with van der Waals surface area (Å²) in [4.78, 5) is 20.3. The maximum Gasteiger partial charge on any atom is 0.291 e. The molecule has 0 unspecified atom stereocenters. The van der Waals surface area contributed by atoms with E-state index in [4.69, 9.17) is 24.4 Å².